The van der Waals surface area contributed by atoms with Crippen LogP contribution in [0.2, 0.25) is 0 Å². The third-order valence-corrected chi connectivity index (χ3v) is 4.62. The number of carbonyl (C=O) groups is 2. The number of hydrogen-bond acceptors (Lipinski definition) is 5. The molecule has 0 amide bonds. The average molecular weight is 424 g/mol. The van der Waals surface area contributed by atoms with Crippen LogP contribution in [0.5, 0.6) is 5.75 Å². The van der Waals surface area contributed by atoms with E-state index in [1.807, 2.05) is 65.9 Å². The van der Waals surface area contributed by atoms with Crippen LogP contribution in [0.1, 0.15) is 61.7 Å². The van der Waals surface area contributed by atoms with Gasteiger partial charge in [0.25, 0.3) is 0 Å². The van der Waals surface area contributed by atoms with E-state index < -0.39 is 17.2 Å². The van der Waals surface area contributed by atoms with E-state index in [0.29, 0.717) is 11.3 Å². The Kier molecular flexibility index (Phi) is 7.32. The summed E-state index contributed by atoms with van der Waals surface area (Å²) in [5.41, 5.74) is 2.51. The summed E-state index contributed by atoms with van der Waals surface area (Å²) in [6, 6.07) is 11.2. The minimum absolute atomic E-state index is 0.0654. The number of ketones is 1. The van der Waals surface area contributed by atoms with E-state index >= 15 is 0 Å². The van der Waals surface area contributed by atoms with Crippen molar-refractivity contribution in [2.45, 2.75) is 59.7 Å². The lowest BCUT2D eigenvalue weighted by Gasteiger charge is -2.30. The van der Waals surface area contributed by atoms with Gasteiger partial charge in [-0.3, -0.25) is 4.79 Å². The minimum Gasteiger partial charge on any atom is -0.476 e. The van der Waals surface area contributed by atoms with Gasteiger partial charge >= 0.3 is 5.97 Å². The van der Waals surface area contributed by atoms with Gasteiger partial charge in [0.1, 0.15) is 11.4 Å². The highest BCUT2D eigenvalue weighted by Gasteiger charge is 2.35. The maximum absolute atomic E-state index is 12.5. The van der Waals surface area contributed by atoms with Crippen LogP contribution >= 0.6 is 0 Å². The molecule has 0 aromatic heterocycles. The predicted molar refractivity (Wildman–Crippen MR) is 126 cm³/mol. The number of hydrogen-bond donors (Lipinski definition) is 1. The van der Waals surface area contributed by atoms with Crippen LogP contribution in [0.25, 0.3) is 6.08 Å². The fourth-order valence-corrected chi connectivity index (χ4v) is 3.01. The zero-order valence-electron chi connectivity index (χ0n) is 19.8. The summed E-state index contributed by atoms with van der Waals surface area (Å²) >= 11 is 0. The summed E-state index contributed by atoms with van der Waals surface area (Å²) in [6.45, 7) is 12.7. The number of rotatable bonds is 7. The van der Waals surface area contributed by atoms with Gasteiger partial charge in [-0.2, -0.15) is 0 Å². The Morgan fingerprint density at radius 2 is 1.48 bits per heavy atom. The molecule has 1 N–H and O–H groups in total. The Morgan fingerprint density at radius 3 is 1.97 bits per heavy atom. The Labute approximate surface area is 185 Å². The van der Waals surface area contributed by atoms with Gasteiger partial charge in [0.15, 0.2) is 11.4 Å². The van der Waals surface area contributed by atoms with E-state index in [1.165, 1.54) is 0 Å². The predicted octanol–water partition coefficient (Wildman–Crippen LogP) is 5.74. The molecule has 5 heteroatoms. The lowest BCUT2D eigenvalue weighted by atomic mass is 10.0. The van der Waals surface area contributed by atoms with Gasteiger partial charge in [0, 0.05) is 18.3 Å². The molecule has 0 saturated heterocycles. The smallest absolute Gasteiger partial charge is 0.350 e. The Balaban J connectivity index is 2.18. The number of anilines is 1. The molecule has 0 fully saturated rings. The molecule has 2 aromatic rings. The molecule has 0 atom stereocenters. The molecular formula is C26H33NO4. The Hall–Kier alpha value is -3.08. The largest absolute Gasteiger partial charge is 0.476 e. The molecule has 0 spiro atoms. The average Bonchev–Trinajstić information content (AvgIpc) is 2.67. The van der Waals surface area contributed by atoms with E-state index in [4.69, 9.17) is 9.47 Å². The lowest BCUT2D eigenvalue weighted by Crippen LogP contribution is -2.43. The first-order valence-corrected chi connectivity index (χ1v) is 10.4. The van der Waals surface area contributed by atoms with Crippen molar-refractivity contribution in [2.75, 3.05) is 12.4 Å². The fourth-order valence-electron chi connectivity index (χ4n) is 3.01. The van der Waals surface area contributed by atoms with Crippen LogP contribution in [0.3, 0.4) is 0 Å². The van der Waals surface area contributed by atoms with E-state index in [-0.39, 0.29) is 5.78 Å². The van der Waals surface area contributed by atoms with Gasteiger partial charge in [0.2, 0.25) is 0 Å². The van der Waals surface area contributed by atoms with Crippen molar-refractivity contribution in [2.24, 2.45) is 0 Å². The van der Waals surface area contributed by atoms with Crippen LogP contribution in [0.4, 0.5) is 5.69 Å². The number of carbonyl (C=O) groups excluding carboxylic acids is 2. The third-order valence-electron chi connectivity index (χ3n) is 4.62. The zero-order valence-corrected chi connectivity index (χ0v) is 19.8. The zero-order chi connectivity index (χ0) is 23.4. The van der Waals surface area contributed by atoms with Crippen LogP contribution in [-0.2, 0) is 9.53 Å². The highest BCUT2D eigenvalue weighted by atomic mass is 16.6. The van der Waals surface area contributed by atoms with Gasteiger partial charge in [-0.05, 0) is 108 Å². The van der Waals surface area contributed by atoms with Crippen LogP contribution < -0.4 is 10.1 Å². The molecule has 31 heavy (non-hydrogen) atoms. The molecule has 0 bridgehead atoms. The second-order valence-electron chi connectivity index (χ2n) is 9.12. The molecule has 0 heterocycles. The van der Waals surface area contributed by atoms with Crippen LogP contribution in [0.15, 0.2) is 42.5 Å². The first kappa shape index (κ1) is 24.2. The monoisotopic (exact) mass is 423 g/mol. The van der Waals surface area contributed by atoms with Gasteiger partial charge in [-0.1, -0.05) is 6.08 Å². The standard InChI is InChI=1S/C26H33NO4/c1-17-15-19(9-14-22(28)20-10-12-21(27-8)13-11-20)16-18(2)23(17)30-26(6,7)24(29)31-25(3,4)5/h9-16,27H,1-8H3. The maximum Gasteiger partial charge on any atom is 0.350 e. The lowest BCUT2D eigenvalue weighted by molar-refractivity contribution is -0.171. The highest BCUT2D eigenvalue weighted by Crippen LogP contribution is 2.30. The molecule has 0 saturated carbocycles. The van der Waals surface area contributed by atoms with Crippen molar-refractivity contribution in [1.29, 1.82) is 0 Å². The van der Waals surface area contributed by atoms with Crippen molar-refractivity contribution in [1.82, 2.24) is 0 Å². The number of ether oxygens (including phenoxy) is 2. The SMILES string of the molecule is CNc1ccc(C(=O)C=Cc2cc(C)c(OC(C)(C)C(=O)OC(C)(C)C)c(C)c2)cc1. The number of esters is 1. The van der Waals surface area contributed by atoms with E-state index in [0.717, 1.165) is 22.4 Å². The molecule has 5 nitrogen and oxygen atoms in total. The molecule has 0 aliphatic rings. The Morgan fingerprint density at radius 1 is 0.935 bits per heavy atom. The minimum atomic E-state index is -1.13. The van der Waals surface area contributed by atoms with Crippen molar-refractivity contribution < 1.29 is 19.1 Å². The van der Waals surface area contributed by atoms with Gasteiger partial charge in [0.05, 0.1) is 0 Å². The summed E-state index contributed by atoms with van der Waals surface area (Å²) in [4.78, 5) is 25.0. The van der Waals surface area contributed by atoms with Gasteiger partial charge in [-0.15, -0.1) is 0 Å². The molecule has 0 aliphatic carbocycles. The molecule has 2 aromatic carbocycles. The second kappa shape index (κ2) is 9.38. The molecule has 2 rings (SSSR count). The summed E-state index contributed by atoms with van der Waals surface area (Å²) in [7, 11) is 1.84. The van der Waals surface area contributed by atoms with E-state index in [9.17, 15) is 9.59 Å². The Bertz CT molecular complexity index is 956. The van der Waals surface area contributed by atoms with Crippen molar-refractivity contribution in [3.05, 3.63) is 64.7 Å². The van der Waals surface area contributed by atoms with Crippen molar-refractivity contribution in [3.63, 3.8) is 0 Å². The molecule has 0 radical (unpaired) electrons. The third kappa shape index (κ3) is 6.71. The molecule has 0 aliphatic heterocycles. The van der Waals surface area contributed by atoms with Gasteiger partial charge in [-0.25, -0.2) is 4.79 Å². The van der Waals surface area contributed by atoms with Crippen LogP contribution in [0, 0.1) is 13.8 Å². The second-order valence-corrected chi connectivity index (χ2v) is 9.12. The molecular weight excluding hydrogens is 390 g/mol. The first-order chi connectivity index (χ1) is 14.3. The van der Waals surface area contributed by atoms with Gasteiger partial charge < -0.3 is 14.8 Å². The number of benzene rings is 2. The number of allylic oxidation sites excluding steroid dienone is 1. The number of aryl methyl sites for hydroxylation is 2. The molecule has 0 unspecified atom stereocenters. The summed E-state index contributed by atoms with van der Waals surface area (Å²) in [5.74, 6) is 0.156. The quantitative estimate of drug-likeness (QED) is 0.349. The van der Waals surface area contributed by atoms with Crippen molar-refractivity contribution in [3.8, 4) is 5.75 Å². The summed E-state index contributed by atoms with van der Waals surface area (Å²) in [5, 5.41) is 3.03. The van der Waals surface area contributed by atoms with E-state index in [2.05, 4.69) is 5.32 Å². The van der Waals surface area contributed by atoms with E-state index in [1.54, 1.807) is 38.1 Å². The number of nitrogens with one attached hydrogen (secondary N) is 1. The highest BCUT2D eigenvalue weighted by molar-refractivity contribution is 6.07. The normalized spacial score (nSPS) is 12.0. The fraction of sp³-hybridized carbons (Fsp3) is 0.385. The van der Waals surface area contributed by atoms with Crippen molar-refractivity contribution >= 4 is 23.5 Å². The molecule has 166 valence electrons. The van der Waals surface area contributed by atoms with Crippen LogP contribution in [-0.4, -0.2) is 30.0 Å². The first-order valence-electron chi connectivity index (χ1n) is 10.4. The summed E-state index contributed by atoms with van der Waals surface area (Å²) in [6.07, 6.45) is 3.35. The summed E-state index contributed by atoms with van der Waals surface area (Å²) < 4.78 is 11.6. The maximum atomic E-state index is 12.5. The topological polar surface area (TPSA) is 64.6 Å².